The number of benzene rings is 1. The summed E-state index contributed by atoms with van der Waals surface area (Å²) in [6.07, 6.45) is 0. The van der Waals surface area contributed by atoms with Crippen molar-refractivity contribution in [2.24, 2.45) is 35.0 Å². The molecule has 2 bridgehead atoms. The Hall–Kier alpha value is -2.04. The molecule has 3 heterocycles. The van der Waals surface area contributed by atoms with Gasteiger partial charge in [0.2, 0.25) is 0 Å². The van der Waals surface area contributed by atoms with E-state index in [-0.39, 0.29) is 11.4 Å². The van der Waals surface area contributed by atoms with Crippen LogP contribution in [0.2, 0.25) is 0 Å². The Labute approximate surface area is 125 Å². The van der Waals surface area contributed by atoms with E-state index in [1.807, 2.05) is 39.7 Å². The highest BCUT2D eigenvalue weighted by atomic mass is 16.2. The van der Waals surface area contributed by atoms with Gasteiger partial charge in [0.1, 0.15) is 0 Å². The average Bonchev–Trinajstić information content (AvgIpc) is 3.34. The van der Waals surface area contributed by atoms with Crippen molar-refractivity contribution < 1.29 is 0 Å². The Balaban J connectivity index is 1.57. The van der Waals surface area contributed by atoms with Gasteiger partial charge in [0.05, 0.1) is 17.8 Å². The molecule has 110 valence electrons. The van der Waals surface area contributed by atoms with Gasteiger partial charge < -0.3 is 0 Å². The van der Waals surface area contributed by atoms with Crippen LogP contribution in [0.5, 0.6) is 0 Å². The van der Waals surface area contributed by atoms with Gasteiger partial charge in [-0.1, -0.05) is 25.1 Å². The van der Waals surface area contributed by atoms with E-state index in [9.17, 15) is 9.59 Å². The molecule has 0 spiro atoms. The average molecular weight is 293 g/mol. The second kappa shape index (κ2) is 2.66. The Morgan fingerprint density at radius 1 is 0.864 bits per heavy atom. The molecule has 5 heteroatoms. The van der Waals surface area contributed by atoms with E-state index in [0.717, 1.165) is 5.92 Å². The van der Waals surface area contributed by atoms with Gasteiger partial charge in [0.15, 0.2) is 0 Å². The smallest absolute Gasteiger partial charge is 0.245 e. The molecule has 22 heavy (non-hydrogen) atoms. The van der Waals surface area contributed by atoms with E-state index in [0.29, 0.717) is 46.9 Å². The van der Waals surface area contributed by atoms with E-state index in [2.05, 4.69) is 6.92 Å². The lowest BCUT2D eigenvalue weighted by molar-refractivity contribution is 0.112. The number of para-hydroxylation sites is 1. The Morgan fingerprint density at radius 2 is 1.41 bits per heavy atom. The summed E-state index contributed by atoms with van der Waals surface area (Å²) in [5.74, 6) is 3.44. The molecule has 0 saturated heterocycles. The molecule has 0 radical (unpaired) electrons. The van der Waals surface area contributed by atoms with Crippen molar-refractivity contribution in [1.82, 2.24) is 13.9 Å². The molecule has 0 N–H and O–H groups in total. The molecule has 4 fully saturated rings. The summed E-state index contributed by atoms with van der Waals surface area (Å²) in [5, 5.41) is 0. The molecule has 2 unspecified atom stereocenters. The van der Waals surface area contributed by atoms with Crippen molar-refractivity contribution in [3.8, 4) is 5.69 Å². The maximum absolute atomic E-state index is 13.0. The van der Waals surface area contributed by atoms with Gasteiger partial charge in [-0.3, -0.25) is 0 Å². The van der Waals surface area contributed by atoms with Gasteiger partial charge in [-0.05, 0) is 47.1 Å². The number of hydrogen-bond donors (Lipinski definition) is 0. The molecule has 6 aliphatic rings. The zero-order valence-electron chi connectivity index (χ0n) is 12.1. The SMILES string of the molecule is CC12C3[C@@H]4[C@@H]3[C@H]3[C@H]1[C@H]2[C@H]4n1c(=O)n(-c2ccccc2)c(=O)n13. The van der Waals surface area contributed by atoms with Crippen molar-refractivity contribution in [3.63, 3.8) is 0 Å². The molecule has 2 aliphatic heterocycles. The van der Waals surface area contributed by atoms with Crippen LogP contribution in [0.25, 0.3) is 5.69 Å². The summed E-state index contributed by atoms with van der Waals surface area (Å²) in [4.78, 5) is 25.9. The van der Waals surface area contributed by atoms with Crippen LogP contribution in [0.3, 0.4) is 0 Å². The molecule has 1 aromatic carbocycles. The summed E-state index contributed by atoms with van der Waals surface area (Å²) in [7, 11) is 0. The molecule has 4 saturated carbocycles. The van der Waals surface area contributed by atoms with E-state index < -0.39 is 0 Å². The third-order valence-electron chi connectivity index (χ3n) is 7.68. The molecule has 4 aliphatic carbocycles. The third kappa shape index (κ3) is 0.733. The lowest BCUT2D eigenvalue weighted by Gasteiger charge is -2.36. The fraction of sp³-hybridized carbons (Fsp3) is 0.529. The Bertz CT molecular complexity index is 942. The van der Waals surface area contributed by atoms with E-state index in [1.165, 1.54) is 4.57 Å². The number of rotatable bonds is 1. The predicted octanol–water partition coefficient (Wildman–Crippen LogP) is 1.04. The van der Waals surface area contributed by atoms with Crippen molar-refractivity contribution in [2.45, 2.75) is 19.0 Å². The normalized spacial score (nSPS) is 50.1. The van der Waals surface area contributed by atoms with Crippen LogP contribution < -0.4 is 11.4 Å². The van der Waals surface area contributed by atoms with Gasteiger partial charge in [-0.25, -0.2) is 23.5 Å². The number of nitrogens with zero attached hydrogens (tertiary/aromatic N) is 3. The van der Waals surface area contributed by atoms with Crippen LogP contribution in [0.4, 0.5) is 0 Å². The van der Waals surface area contributed by atoms with Gasteiger partial charge in [0.25, 0.3) is 0 Å². The first-order valence-electron chi connectivity index (χ1n) is 8.19. The minimum absolute atomic E-state index is 0.134. The van der Waals surface area contributed by atoms with Crippen LogP contribution in [0.15, 0.2) is 39.9 Å². The molecular weight excluding hydrogens is 278 g/mol. The minimum Gasteiger partial charge on any atom is -0.245 e. The maximum atomic E-state index is 13.0. The van der Waals surface area contributed by atoms with Crippen molar-refractivity contribution in [3.05, 3.63) is 51.3 Å². The topological polar surface area (TPSA) is 48.9 Å². The molecule has 8 atom stereocenters. The first kappa shape index (κ1) is 10.6. The lowest BCUT2D eigenvalue weighted by atomic mass is 9.89. The largest absolute Gasteiger partial charge is 0.352 e. The Morgan fingerprint density at radius 3 is 1.86 bits per heavy atom. The highest BCUT2D eigenvalue weighted by Gasteiger charge is 2.95. The summed E-state index contributed by atoms with van der Waals surface area (Å²) in [6.45, 7) is 2.40. The minimum atomic E-state index is -0.134. The molecule has 1 aromatic heterocycles. The summed E-state index contributed by atoms with van der Waals surface area (Å²) >= 11 is 0. The molecule has 0 amide bonds. The van der Waals surface area contributed by atoms with Gasteiger partial charge in [0, 0.05) is 0 Å². The second-order valence-electron chi connectivity index (χ2n) is 8.00. The van der Waals surface area contributed by atoms with E-state index in [4.69, 9.17) is 0 Å². The molecule has 5 nitrogen and oxygen atoms in total. The van der Waals surface area contributed by atoms with Gasteiger partial charge in [-0.2, -0.15) is 0 Å². The number of hydrogen-bond acceptors (Lipinski definition) is 2. The van der Waals surface area contributed by atoms with Crippen LogP contribution in [0.1, 0.15) is 19.0 Å². The Kier molecular flexibility index (Phi) is 1.29. The molecule has 8 rings (SSSR count). The lowest BCUT2D eigenvalue weighted by Crippen LogP contribution is -2.45. The third-order valence-corrected chi connectivity index (χ3v) is 7.68. The second-order valence-corrected chi connectivity index (χ2v) is 8.00. The van der Waals surface area contributed by atoms with Gasteiger partial charge >= 0.3 is 11.4 Å². The van der Waals surface area contributed by atoms with Crippen molar-refractivity contribution >= 4 is 0 Å². The highest BCUT2D eigenvalue weighted by molar-refractivity contribution is 5.43. The summed E-state index contributed by atoms with van der Waals surface area (Å²) < 4.78 is 5.04. The standard InChI is InChI=1S/C17H15N3O2/c1-17-10-8-9(10)14-12(17)11(17)13(8)19-15(21)18(16(22)20(14)19)7-5-3-2-4-6-7/h2-6,8-14H,1H3/t8-,9-,10?,11-,12+,13-,14-,17?/m0/s1. The van der Waals surface area contributed by atoms with E-state index >= 15 is 0 Å². The fourth-order valence-corrected chi connectivity index (χ4v) is 7.20. The van der Waals surface area contributed by atoms with E-state index in [1.54, 1.807) is 0 Å². The number of aromatic nitrogens is 3. The highest BCUT2D eigenvalue weighted by Crippen LogP contribution is 2.97. The van der Waals surface area contributed by atoms with Gasteiger partial charge in [-0.15, -0.1) is 0 Å². The van der Waals surface area contributed by atoms with Crippen molar-refractivity contribution in [1.29, 1.82) is 0 Å². The van der Waals surface area contributed by atoms with Crippen LogP contribution in [0, 0.1) is 35.0 Å². The first-order valence-corrected chi connectivity index (χ1v) is 8.19. The zero-order valence-corrected chi connectivity index (χ0v) is 12.1. The monoisotopic (exact) mass is 293 g/mol. The van der Waals surface area contributed by atoms with Crippen LogP contribution in [-0.4, -0.2) is 13.9 Å². The van der Waals surface area contributed by atoms with Crippen molar-refractivity contribution in [2.75, 3.05) is 0 Å². The molecule has 2 aromatic rings. The predicted molar refractivity (Wildman–Crippen MR) is 77.9 cm³/mol. The summed E-state index contributed by atoms with van der Waals surface area (Å²) in [5.41, 5.74) is 0.856. The maximum Gasteiger partial charge on any atom is 0.352 e. The molecular formula is C17H15N3O2. The van der Waals surface area contributed by atoms with Crippen LogP contribution >= 0.6 is 0 Å². The summed E-state index contributed by atoms with van der Waals surface area (Å²) in [6, 6.07) is 9.91. The fourth-order valence-electron chi connectivity index (χ4n) is 7.20. The van der Waals surface area contributed by atoms with Crippen LogP contribution in [-0.2, 0) is 0 Å². The quantitative estimate of drug-likeness (QED) is 0.789. The first-order chi connectivity index (χ1) is 10.7. The zero-order chi connectivity index (χ0) is 14.5.